The van der Waals surface area contributed by atoms with E-state index in [4.69, 9.17) is 18.5 Å². The molecule has 59 heavy (non-hydrogen) atoms. The van der Waals surface area contributed by atoms with Crippen molar-refractivity contribution in [2.24, 2.45) is 0 Å². The normalized spacial score (nSPS) is 15.7. The monoisotopic (exact) mass is 848 g/mol. The number of phosphoric acid groups is 1. The van der Waals surface area contributed by atoms with Crippen molar-refractivity contribution in [1.82, 2.24) is 0 Å². The zero-order chi connectivity index (χ0) is 43.7. The number of carbonyl (C=O) groups is 1. The first kappa shape index (κ1) is 56.2. The van der Waals surface area contributed by atoms with Crippen LogP contribution in [-0.4, -0.2) is 86.5 Å². The van der Waals surface area contributed by atoms with E-state index >= 15 is 0 Å². The molecule has 1 unspecified atom stereocenters. The largest absolute Gasteiger partial charge is 0.756 e. The Morgan fingerprint density at radius 1 is 0.661 bits per heavy atom. The van der Waals surface area contributed by atoms with E-state index in [1.54, 1.807) is 30.4 Å². The Morgan fingerprint density at radius 3 is 1.80 bits per heavy atom. The average Bonchev–Trinajstić information content (AvgIpc) is 3.18. The van der Waals surface area contributed by atoms with Gasteiger partial charge in [-0.05, 0) is 76.7 Å². The van der Waals surface area contributed by atoms with Gasteiger partial charge < -0.3 is 38.1 Å². The number of allylic oxidation sites excluding steroid dienone is 11. The number of carbonyl (C=O) groups excluding carboxylic acids is 1. The quantitative estimate of drug-likeness (QED) is 0.0118. The third-order valence-corrected chi connectivity index (χ3v) is 9.85. The summed E-state index contributed by atoms with van der Waals surface area (Å²) in [6.07, 6.45) is 47.4. The third kappa shape index (κ3) is 43.1. The van der Waals surface area contributed by atoms with Crippen LogP contribution in [0.4, 0.5) is 0 Å². The zero-order valence-electron chi connectivity index (χ0n) is 37.4. The maximum atomic E-state index is 12.5. The van der Waals surface area contributed by atoms with Crippen molar-refractivity contribution in [3.63, 3.8) is 0 Å². The second-order valence-electron chi connectivity index (χ2n) is 15.8. The summed E-state index contributed by atoms with van der Waals surface area (Å²) in [7, 11) is 1.24. The number of phosphoric ester groups is 1. The number of aliphatic hydroxyl groups is 2. The van der Waals surface area contributed by atoms with Crippen LogP contribution in [0.25, 0.3) is 0 Å². The summed E-state index contributed by atoms with van der Waals surface area (Å²) in [6.45, 7) is 4.27. The van der Waals surface area contributed by atoms with Crippen LogP contribution in [0, 0.1) is 0 Å². The molecule has 0 fully saturated rings. The van der Waals surface area contributed by atoms with E-state index in [1.165, 1.54) is 70.5 Å². The van der Waals surface area contributed by atoms with Gasteiger partial charge in [-0.2, -0.15) is 0 Å². The van der Waals surface area contributed by atoms with Crippen LogP contribution in [-0.2, 0) is 27.9 Å². The SMILES string of the molecule is CC/C=C\C[C@@H](O)/C=C/C=C\C=C\[C@@H](O)C/C=C\C/C=C\CCC(=O)OC[C@H](COP(=O)([O-])OCC[N+](C)(C)C)O/C=C/CCCCCCCC/C=C\CCCCCC. The van der Waals surface area contributed by atoms with Crippen molar-refractivity contribution < 1.29 is 47.5 Å². The fraction of sp³-hybridized carbons (Fsp3) is 0.646. The minimum atomic E-state index is -4.57. The van der Waals surface area contributed by atoms with Gasteiger partial charge in [0.1, 0.15) is 19.8 Å². The van der Waals surface area contributed by atoms with Crippen LogP contribution < -0.4 is 4.89 Å². The van der Waals surface area contributed by atoms with Gasteiger partial charge in [0.05, 0.1) is 46.2 Å². The number of likely N-dealkylation sites (N-methyl/N-ethyl adjacent to an activating group) is 1. The number of nitrogens with zero attached hydrogens (tertiary/aromatic N) is 1. The van der Waals surface area contributed by atoms with Crippen molar-refractivity contribution in [2.45, 2.75) is 154 Å². The highest BCUT2D eigenvalue weighted by Crippen LogP contribution is 2.38. The van der Waals surface area contributed by atoms with Crippen LogP contribution in [0.15, 0.2) is 97.4 Å². The predicted octanol–water partition coefficient (Wildman–Crippen LogP) is 10.7. The highest BCUT2D eigenvalue weighted by molar-refractivity contribution is 7.45. The second-order valence-corrected chi connectivity index (χ2v) is 17.2. The Morgan fingerprint density at radius 2 is 1.20 bits per heavy atom. The maximum absolute atomic E-state index is 12.5. The molecule has 338 valence electrons. The molecule has 4 atom stereocenters. The number of esters is 1. The number of ether oxygens (including phenoxy) is 2. The Kier molecular flexibility index (Phi) is 37.4. The highest BCUT2D eigenvalue weighted by Gasteiger charge is 2.19. The van der Waals surface area contributed by atoms with Crippen molar-refractivity contribution in [1.29, 1.82) is 0 Å². The average molecular weight is 848 g/mol. The lowest BCUT2D eigenvalue weighted by molar-refractivity contribution is -0.870. The van der Waals surface area contributed by atoms with E-state index in [2.05, 4.69) is 26.0 Å². The number of hydrogen-bond donors (Lipinski definition) is 2. The Hall–Kier alpha value is -2.82. The van der Waals surface area contributed by atoms with Gasteiger partial charge in [0, 0.05) is 6.42 Å². The highest BCUT2D eigenvalue weighted by atomic mass is 31.2. The van der Waals surface area contributed by atoms with Gasteiger partial charge >= 0.3 is 5.97 Å². The fourth-order valence-electron chi connectivity index (χ4n) is 5.31. The molecule has 0 heterocycles. The van der Waals surface area contributed by atoms with Gasteiger partial charge in [-0.3, -0.25) is 9.36 Å². The van der Waals surface area contributed by atoms with E-state index in [0.717, 1.165) is 25.7 Å². The van der Waals surface area contributed by atoms with E-state index < -0.39 is 32.1 Å². The molecule has 0 bridgehead atoms. The van der Waals surface area contributed by atoms with Crippen molar-refractivity contribution in [2.75, 3.05) is 47.5 Å². The number of aliphatic hydroxyl groups excluding tert-OH is 2. The first-order valence-corrected chi connectivity index (χ1v) is 23.7. The van der Waals surface area contributed by atoms with Crippen LogP contribution in [0.5, 0.6) is 0 Å². The molecule has 0 aliphatic rings. The van der Waals surface area contributed by atoms with E-state index in [9.17, 15) is 24.5 Å². The molecule has 0 aliphatic heterocycles. The lowest BCUT2D eigenvalue weighted by atomic mass is 10.1. The summed E-state index contributed by atoms with van der Waals surface area (Å²) in [5, 5.41) is 20.0. The Labute approximate surface area is 359 Å². The van der Waals surface area contributed by atoms with Crippen molar-refractivity contribution in [3.8, 4) is 0 Å². The molecule has 2 N–H and O–H groups in total. The van der Waals surface area contributed by atoms with Gasteiger partial charge in [-0.25, -0.2) is 0 Å². The summed E-state index contributed by atoms with van der Waals surface area (Å²) in [4.78, 5) is 24.8. The van der Waals surface area contributed by atoms with Gasteiger partial charge in [0.15, 0.2) is 6.10 Å². The Balaban J connectivity index is 4.54. The lowest BCUT2D eigenvalue weighted by Gasteiger charge is -2.28. The van der Waals surface area contributed by atoms with E-state index in [-0.39, 0.29) is 26.2 Å². The summed E-state index contributed by atoms with van der Waals surface area (Å²) in [6, 6.07) is 0. The second kappa shape index (κ2) is 39.3. The van der Waals surface area contributed by atoms with Crippen LogP contribution in [0.3, 0.4) is 0 Å². The number of quaternary nitrogens is 1. The molecular weight excluding hydrogens is 765 g/mol. The molecule has 11 heteroatoms. The van der Waals surface area contributed by atoms with E-state index in [0.29, 0.717) is 36.7 Å². The molecule has 0 spiro atoms. The molecule has 0 aromatic carbocycles. The van der Waals surface area contributed by atoms with Crippen molar-refractivity contribution >= 4 is 13.8 Å². The summed E-state index contributed by atoms with van der Waals surface area (Å²) < 4.78 is 34.2. The van der Waals surface area contributed by atoms with Crippen LogP contribution in [0.2, 0.25) is 0 Å². The standard InChI is InChI=1S/C48H82NO9P/c1-6-8-10-11-12-13-14-15-16-17-18-19-20-23-28-34-41-55-47(44-58-59(53,54)57-42-40-49(3,4)5)43-56-48(52)39-33-25-22-21-24-30-36-46(51)38-32-27-26-31-37-45(50)35-29-9-7-2/h9,13-14,22,24-27,29-32,34,37-38,41,45-47,50-51H,6-8,10-12,15-21,23,28,33,35-36,39-40,42-44H2,1-5H3/b14-13-,25-22-,27-26-,29-9-,30-24-,37-31+,38-32+,41-34+/t45-,46+,47-/m1/s1. The maximum Gasteiger partial charge on any atom is 0.306 e. The summed E-state index contributed by atoms with van der Waals surface area (Å²) >= 11 is 0. The summed E-state index contributed by atoms with van der Waals surface area (Å²) in [5.74, 6) is -0.425. The first-order chi connectivity index (χ1) is 28.4. The molecule has 0 aromatic heterocycles. The minimum Gasteiger partial charge on any atom is -0.756 e. The van der Waals surface area contributed by atoms with Gasteiger partial charge in [-0.1, -0.05) is 144 Å². The number of unbranched alkanes of at least 4 members (excludes halogenated alkanes) is 11. The smallest absolute Gasteiger partial charge is 0.306 e. The molecular formula is C48H82NO9P. The molecule has 0 amide bonds. The molecule has 10 nitrogen and oxygen atoms in total. The van der Waals surface area contributed by atoms with Crippen LogP contribution in [0.1, 0.15) is 136 Å². The lowest BCUT2D eigenvalue weighted by Crippen LogP contribution is -2.37. The first-order valence-electron chi connectivity index (χ1n) is 22.2. The molecule has 0 aromatic rings. The van der Waals surface area contributed by atoms with Gasteiger partial charge in [0.2, 0.25) is 0 Å². The Bertz CT molecular complexity index is 1300. The zero-order valence-corrected chi connectivity index (χ0v) is 38.3. The van der Waals surface area contributed by atoms with Crippen molar-refractivity contribution in [3.05, 3.63) is 97.4 Å². The van der Waals surface area contributed by atoms with Crippen LogP contribution >= 0.6 is 7.82 Å². The predicted molar refractivity (Wildman–Crippen MR) is 242 cm³/mol. The molecule has 0 saturated heterocycles. The summed E-state index contributed by atoms with van der Waals surface area (Å²) in [5.41, 5.74) is 0. The minimum absolute atomic E-state index is 0.00874. The topological polar surface area (TPSA) is 135 Å². The third-order valence-electron chi connectivity index (χ3n) is 8.89. The molecule has 0 aliphatic carbocycles. The number of hydrogen-bond acceptors (Lipinski definition) is 9. The van der Waals surface area contributed by atoms with Gasteiger partial charge in [0.25, 0.3) is 7.82 Å². The molecule has 0 saturated carbocycles. The molecule has 0 rings (SSSR count). The molecule has 0 radical (unpaired) electrons. The fourth-order valence-corrected chi connectivity index (χ4v) is 6.04. The number of rotatable bonds is 39. The van der Waals surface area contributed by atoms with E-state index in [1.807, 2.05) is 69.8 Å². The van der Waals surface area contributed by atoms with Gasteiger partial charge in [-0.15, -0.1) is 0 Å².